The van der Waals surface area contributed by atoms with Crippen LogP contribution < -0.4 is 31.9 Å². The van der Waals surface area contributed by atoms with E-state index in [1.165, 1.54) is 0 Å². The Balaban J connectivity index is 0.00000480. The summed E-state index contributed by atoms with van der Waals surface area (Å²) >= 11 is 26.1. The maximum atomic E-state index is 12.1. The fourth-order valence-corrected chi connectivity index (χ4v) is 11.3. The van der Waals surface area contributed by atoms with Crippen LogP contribution in [0.3, 0.4) is 0 Å². The molecule has 6 aromatic rings. The Hall–Kier alpha value is -4.24. The number of amides is 4. The minimum absolute atomic E-state index is 0. The minimum atomic E-state index is -0.273. The summed E-state index contributed by atoms with van der Waals surface area (Å²) in [6, 6.07) is 27.9. The zero-order valence-corrected chi connectivity index (χ0v) is 59.2. The van der Waals surface area contributed by atoms with E-state index < -0.39 is 0 Å². The fourth-order valence-electron chi connectivity index (χ4n) is 10.2. The van der Waals surface area contributed by atoms with Crippen molar-refractivity contribution in [2.24, 2.45) is 0 Å². The Labute approximate surface area is 596 Å². The number of carbonyl (C=O) groups excluding carboxylic acids is 2. The molecule has 0 saturated carbocycles. The number of benzene rings is 4. The molecule has 4 amide bonds. The third-order valence-corrected chi connectivity index (χ3v) is 15.5. The van der Waals surface area contributed by atoms with Gasteiger partial charge in [-0.3, -0.25) is 0 Å². The van der Waals surface area contributed by atoms with Gasteiger partial charge >= 0.3 is 12.1 Å². The van der Waals surface area contributed by atoms with Gasteiger partial charge in [-0.25, -0.2) is 9.59 Å². The van der Waals surface area contributed by atoms with E-state index in [1.807, 2.05) is 48.5 Å². The number of likely N-dealkylation sites (N-methyl/N-ethyl adjacent to an activating group) is 2. The molecule has 0 unspecified atom stereocenters. The number of ether oxygens (including phenoxy) is 6. The number of rotatable bonds is 35. The molecule has 2 aromatic heterocycles. The van der Waals surface area contributed by atoms with E-state index in [1.54, 1.807) is 12.4 Å². The van der Waals surface area contributed by atoms with E-state index in [2.05, 4.69) is 113 Å². The lowest BCUT2D eigenvalue weighted by Crippen LogP contribution is -2.39. The molecule has 0 fully saturated rings. The number of aromatic nitrogens is 4. The Morgan fingerprint density at radius 3 is 1.18 bits per heavy atom. The van der Waals surface area contributed by atoms with Gasteiger partial charge in [0.15, 0.2) is 0 Å². The van der Waals surface area contributed by atoms with Crippen LogP contribution in [0, 0.1) is 0 Å². The van der Waals surface area contributed by atoms with E-state index >= 15 is 0 Å². The van der Waals surface area contributed by atoms with Crippen LogP contribution in [0.4, 0.5) is 21.0 Å². The predicted molar refractivity (Wildman–Crippen MR) is 382 cm³/mol. The molecule has 0 radical (unpaired) electrons. The summed E-state index contributed by atoms with van der Waals surface area (Å²) in [5.74, 6) is 0.246. The van der Waals surface area contributed by atoms with Crippen molar-refractivity contribution in [2.75, 3.05) is 156 Å². The van der Waals surface area contributed by atoms with Crippen molar-refractivity contribution in [2.45, 2.75) is 37.8 Å². The van der Waals surface area contributed by atoms with Crippen molar-refractivity contribution in [3.05, 3.63) is 151 Å². The van der Waals surface area contributed by atoms with Crippen molar-refractivity contribution in [1.29, 1.82) is 0 Å². The summed E-state index contributed by atoms with van der Waals surface area (Å²) < 4.78 is 33.8. The first kappa shape index (κ1) is 83.8. The molecule has 30 heteroatoms. The average molecular weight is 1480 g/mol. The first-order valence-electron chi connectivity index (χ1n) is 29.1. The Morgan fingerprint density at radius 1 is 0.457 bits per heavy atom. The van der Waals surface area contributed by atoms with E-state index in [-0.39, 0.29) is 98.3 Å². The van der Waals surface area contributed by atoms with Crippen LogP contribution in [0.1, 0.15) is 58.1 Å². The maximum absolute atomic E-state index is 12.1. The van der Waals surface area contributed by atoms with Gasteiger partial charge in [0.25, 0.3) is 0 Å². The van der Waals surface area contributed by atoms with Crippen molar-refractivity contribution in [1.82, 2.24) is 51.5 Å². The lowest BCUT2D eigenvalue weighted by molar-refractivity contribution is 0.0172. The van der Waals surface area contributed by atoms with Gasteiger partial charge in [-0.1, -0.05) is 82.8 Å². The van der Waals surface area contributed by atoms with Gasteiger partial charge in [0.05, 0.1) is 114 Å². The Bertz CT molecular complexity index is 2920. The number of halogens is 10. The fraction of sp³-hybridized carbons (Fsp3) is 0.452. The summed E-state index contributed by atoms with van der Waals surface area (Å²) in [5.41, 5.74) is 12.1. The van der Waals surface area contributed by atoms with Gasteiger partial charge in [-0.05, 0) is 109 Å². The second-order valence-corrected chi connectivity index (χ2v) is 22.6. The SMILES string of the molecule is CN1Cc2c(Cl)cc(Cl)cc2[C@H](c2cccc(-c3cc(NCCOCCOCCOCCNC(=O)NCCCCNC(=O)NCCOCCOCCOCCNc4cnnc(-c5cccc([C@@H]6CN(C)Cc7c(Cl)cc(Cl)cc76)c5)c4)cnn3)c2)C1.Cl.Cl.Cl.Cl.Cl.Cl. The number of hydrogen-bond donors (Lipinski definition) is 6. The van der Waals surface area contributed by atoms with Crippen LogP contribution in [-0.2, 0) is 41.5 Å². The molecule has 8 rings (SSSR count). The summed E-state index contributed by atoms with van der Waals surface area (Å²) in [7, 11) is 4.21. The highest BCUT2D eigenvalue weighted by molar-refractivity contribution is 6.35. The largest absolute Gasteiger partial charge is 0.381 e. The molecule has 92 heavy (non-hydrogen) atoms. The molecule has 6 N–H and O–H groups in total. The quantitative estimate of drug-likeness (QED) is 0.0204. The van der Waals surface area contributed by atoms with E-state index in [9.17, 15) is 9.59 Å². The van der Waals surface area contributed by atoms with Gasteiger partial charge in [0.1, 0.15) is 0 Å². The van der Waals surface area contributed by atoms with E-state index in [0.717, 1.165) is 93.4 Å². The topological polar surface area (TPSA) is 220 Å². The number of nitrogens with zero attached hydrogens (tertiary/aromatic N) is 6. The molecule has 4 aromatic carbocycles. The molecular formula is C62H84Cl10N12O8. The molecule has 0 bridgehead atoms. The zero-order valence-electron chi connectivity index (χ0n) is 51.3. The Morgan fingerprint density at radius 2 is 0.804 bits per heavy atom. The number of urea groups is 2. The van der Waals surface area contributed by atoms with Gasteiger partial charge in [-0.2, -0.15) is 20.4 Å². The highest BCUT2D eigenvalue weighted by atomic mass is 35.5. The monoisotopic (exact) mass is 1470 g/mol. The second kappa shape index (κ2) is 46.0. The molecule has 510 valence electrons. The third-order valence-electron chi connectivity index (χ3n) is 14.3. The Kier molecular flexibility index (Phi) is 41.9. The first-order chi connectivity index (χ1) is 42.0. The third kappa shape index (κ3) is 27.8. The zero-order chi connectivity index (χ0) is 60.3. The molecule has 0 saturated heterocycles. The highest BCUT2D eigenvalue weighted by Crippen LogP contribution is 2.41. The maximum Gasteiger partial charge on any atom is 0.314 e. The highest BCUT2D eigenvalue weighted by Gasteiger charge is 2.29. The number of fused-ring (bicyclic) bond motifs is 2. The standard InChI is InChI=1S/C62H78Cl4N12O8.6ClH/c1-77-39-53(51-31-47(63)33-57(65)55(51)41-77)43-7-5-9-45(29-43)59-35-49(37-73-75-59)67-13-17-81-21-25-85-27-23-83-19-15-71-61(79)69-11-3-4-12-70-62(80)72-16-20-84-24-28-86-26-22-82-18-14-68-50-36-60(76-74-38-50)46-10-6-8-44(30-46)54-40-78(2)42-56-52(54)32-48(64)34-58(56)66;;;;;;/h5-10,29-38,53-54H,3-4,11-28,39-42H2,1-2H3,(H,67,75)(H,68,76)(H2,69,71,79)(H2,70,72,80);6*1H/t53-,54-;;;;;;/m0....../s1. The predicted octanol–water partition coefficient (Wildman–Crippen LogP) is 11.9. The number of nitrogens with one attached hydrogen (secondary N) is 6. The second-order valence-electron chi connectivity index (χ2n) is 20.9. The van der Waals surface area contributed by atoms with Crippen molar-refractivity contribution in [3.63, 3.8) is 0 Å². The molecule has 0 spiro atoms. The molecule has 2 aliphatic heterocycles. The summed E-state index contributed by atoms with van der Waals surface area (Å²) in [6.45, 7) is 11.2. The lowest BCUT2D eigenvalue weighted by Gasteiger charge is -2.33. The van der Waals surface area contributed by atoms with Gasteiger partial charge in [0, 0.05) is 109 Å². The van der Waals surface area contributed by atoms with Crippen molar-refractivity contribution in [3.8, 4) is 22.5 Å². The van der Waals surface area contributed by atoms with Crippen LogP contribution >= 0.6 is 121 Å². The average Bonchev–Trinajstić information content (AvgIpc) is 0.876. The number of hydrogen-bond acceptors (Lipinski definition) is 16. The van der Waals surface area contributed by atoms with E-state index in [0.29, 0.717) is 151 Å². The van der Waals surface area contributed by atoms with Gasteiger partial charge in [0.2, 0.25) is 0 Å². The van der Waals surface area contributed by atoms with Crippen LogP contribution in [-0.4, -0.2) is 188 Å². The molecule has 0 aliphatic carbocycles. The van der Waals surface area contributed by atoms with Crippen molar-refractivity contribution < 1.29 is 38.0 Å². The lowest BCUT2D eigenvalue weighted by atomic mass is 9.84. The molecule has 4 heterocycles. The minimum Gasteiger partial charge on any atom is -0.381 e. The smallest absolute Gasteiger partial charge is 0.314 e. The van der Waals surface area contributed by atoms with E-state index in [4.69, 9.17) is 74.8 Å². The van der Waals surface area contributed by atoms with Crippen LogP contribution in [0.5, 0.6) is 0 Å². The van der Waals surface area contributed by atoms with Crippen LogP contribution in [0.15, 0.2) is 97.3 Å². The van der Waals surface area contributed by atoms with Crippen LogP contribution in [0.2, 0.25) is 20.1 Å². The summed E-state index contributed by atoms with van der Waals surface area (Å²) in [5, 5.41) is 37.9. The molecule has 20 nitrogen and oxygen atoms in total. The molecular weight excluding hydrogens is 1400 g/mol. The van der Waals surface area contributed by atoms with Crippen molar-refractivity contribution >= 4 is 144 Å². The first-order valence-corrected chi connectivity index (χ1v) is 30.6. The summed E-state index contributed by atoms with van der Waals surface area (Å²) in [4.78, 5) is 28.8. The number of carbonyl (C=O) groups is 2. The summed E-state index contributed by atoms with van der Waals surface area (Å²) in [6.07, 6.45) is 4.81. The van der Waals surface area contributed by atoms with Crippen LogP contribution in [0.25, 0.3) is 22.5 Å². The molecule has 2 atom stereocenters. The normalized spacial score (nSPS) is 14.0. The number of anilines is 2. The molecule has 2 aliphatic rings. The number of unbranched alkanes of at least 4 members (excludes halogenated alkanes) is 1. The van der Waals surface area contributed by atoms with Gasteiger partial charge < -0.3 is 70.1 Å². The van der Waals surface area contributed by atoms with Gasteiger partial charge in [-0.15, -0.1) is 74.4 Å².